The molecule has 1 rings (SSSR count). The monoisotopic (exact) mass is 254 g/mol. The Bertz CT molecular complexity index is 282. The zero-order valence-electron chi connectivity index (χ0n) is 11.6. The molecule has 3 heteroatoms. The van der Waals surface area contributed by atoms with E-state index in [2.05, 4.69) is 55.5 Å². The van der Waals surface area contributed by atoms with Gasteiger partial charge in [0.15, 0.2) is 0 Å². The van der Waals surface area contributed by atoms with Crippen LogP contribution in [0.25, 0.3) is 0 Å². The van der Waals surface area contributed by atoms with Crippen LogP contribution in [-0.4, -0.2) is 30.6 Å². The van der Waals surface area contributed by atoms with Crippen molar-refractivity contribution in [2.75, 3.05) is 13.6 Å². The molecule has 1 atom stereocenters. The van der Waals surface area contributed by atoms with Gasteiger partial charge in [-0.05, 0) is 24.9 Å². The first kappa shape index (κ1) is 14.7. The van der Waals surface area contributed by atoms with Gasteiger partial charge in [0.25, 0.3) is 0 Å². The van der Waals surface area contributed by atoms with Crippen molar-refractivity contribution < 1.29 is 0 Å². The van der Waals surface area contributed by atoms with Gasteiger partial charge in [-0.2, -0.15) is 0 Å². The van der Waals surface area contributed by atoms with Gasteiger partial charge in [0.1, 0.15) is 0 Å². The SMILES string of the molecule is CCCC(CNC(C)C)N(C)Cc1cccs1. The van der Waals surface area contributed by atoms with Gasteiger partial charge in [-0.3, -0.25) is 4.90 Å². The summed E-state index contributed by atoms with van der Waals surface area (Å²) in [6, 6.07) is 5.57. The van der Waals surface area contributed by atoms with E-state index < -0.39 is 0 Å². The summed E-state index contributed by atoms with van der Waals surface area (Å²) in [4.78, 5) is 3.93. The second kappa shape index (κ2) is 7.85. The number of nitrogens with one attached hydrogen (secondary N) is 1. The largest absolute Gasteiger partial charge is 0.313 e. The number of hydrogen-bond donors (Lipinski definition) is 1. The van der Waals surface area contributed by atoms with Crippen molar-refractivity contribution in [2.45, 2.75) is 52.2 Å². The zero-order valence-corrected chi connectivity index (χ0v) is 12.4. The normalized spacial score (nSPS) is 13.5. The van der Waals surface area contributed by atoms with Crippen LogP contribution in [0, 0.1) is 0 Å². The Morgan fingerprint density at radius 1 is 1.41 bits per heavy atom. The molecule has 0 radical (unpaired) electrons. The Hall–Kier alpha value is -0.380. The molecule has 1 N–H and O–H groups in total. The number of likely N-dealkylation sites (N-methyl/N-ethyl adjacent to an activating group) is 1. The predicted molar refractivity (Wildman–Crippen MR) is 77.6 cm³/mol. The van der Waals surface area contributed by atoms with Crippen molar-refractivity contribution in [3.05, 3.63) is 22.4 Å². The lowest BCUT2D eigenvalue weighted by atomic mass is 10.1. The Kier molecular flexibility index (Phi) is 6.78. The van der Waals surface area contributed by atoms with Crippen molar-refractivity contribution >= 4 is 11.3 Å². The molecule has 0 amide bonds. The summed E-state index contributed by atoms with van der Waals surface area (Å²) in [5.74, 6) is 0. The Morgan fingerprint density at radius 3 is 2.71 bits per heavy atom. The molecule has 1 heterocycles. The summed E-state index contributed by atoms with van der Waals surface area (Å²) >= 11 is 1.85. The van der Waals surface area contributed by atoms with E-state index in [-0.39, 0.29) is 0 Å². The fourth-order valence-corrected chi connectivity index (χ4v) is 2.73. The van der Waals surface area contributed by atoms with Crippen molar-refractivity contribution in [2.24, 2.45) is 0 Å². The maximum absolute atomic E-state index is 3.55. The van der Waals surface area contributed by atoms with Gasteiger partial charge in [-0.15, -0.1) is 11.3 Å². The lowest BCUT2D eigenvalue weighted by molar-refractivity contribution is 0.213. The van der Waals surface area contributed by atoms with Crippen LogP contribution in [0.2, 0.25) is 0 Å². The van der Waals surface area contributed by atoms with Gasteiger partial charge in [-0.1, -0.05) is 33.3 Å². The molecule has 0 saturated heterocycles. The second-order valence-electron chi connectivity index (χ2n) is 5.00. The van der Waals surface area contributed by atoms with Crippen LogP contribution in [0.15, 0.2) is 17.5 Å². The topological polar surface area (TPSA) is 15.3 Å². The van der Waals surface area contributed by atoms with Crippen LogP contribution in [0.1, 0.15) is 38.5 Å². The summed E-state index contributed by atoms with van der Waals surface area (Å²) < 4.78 is 0. The third-order valence-corrected chi connectivity index (χ3v) is 3.85. The number of thiophene rings is 1. The highest BCUT2D eigenvalue weighted by Gasteiger charge is 2.14. The van der Waals surface area contributed by atoms with E-state index in [4.69, 9.17) is 0 Å². The molecule has 17 heavy (non-hydrogen) atoms. The lowest BCUT2D eigenvalue weighted by Gasteiger charge is -2.28. The summed E-state index contributed by atoms with van der Waals surface area (Å²) in [6.07, 6.45) is 2.51. The van der Waals surface area contributed by atoms with E-state index in [1.807, 2.05) is 11.3 Å². The molecule has 2 nitrogen and oxygen atoms in total. The van der Waals surface area contributed by atoms with Gasteiger partial charge in [-0.25, -0.2) is 0 Å². The zero-order chi connectivity index (χ0) is 12.7. The fraction of sp³-hybridized carbons (Fsp3) is 0.714. The standard InChI is InChI=1S/C14H26N2S/c1-5-7-13(10-15-12(2)3)16(4)11-14-8-6-9-17-14/h6,8-9,12-13,15H,5,7,10-11H2,1-4H3. The molecule has 0 saturated carbocycles. The molecule has 0 fully saturated rings. The molecular formula is C14H26N2S. The van der Waals surface area contributed by atoms with Gasteiger partial charge in [0.2, 0.25) is 0 Å². The van der Waals surface area contributed by atoms with Gasteiger partial charge in [0.05, 0.1) is 0 Å². The van der Waals surface area contributed by atoms with Crippen LogP contribution in [0.3, 0.4) is 0 Å². The highest BCUT2D eigenvalue weighted by Crippen LogP contribution is 2.14. The van der Waals surface area contributed by atoms with E-state index in [9.17, 15) is 0 Å². The van der Waals surface area contributed by atoms with E-state index in [0.29, 0.717) is 12.1 Å². The molecule has 0 aromatic carbocycles. The summed E-state index contributed by atoms with van der Waals surface area (Å²) in [7, 11) is 2.24. The van der Waals surface area contributed by atoms with Crippen LogP contribution < -0.4 is 5.32 Å². The first-order chi connectivity index (χ1) is 8.13. The maximum atomic E-state index is 3.55. The quantitative estimate of drug-likeness (QED) is 0.765. The van der Waals surface area contributed by atoms with E-state index >= 15 is 0 Å². The molecule has 0 aliphatic heterocycles. The van der Waals surface area contributed by atoms with Crippen LogP contribution in [-0.2, 0) is 6.54 Å². The highest BCUT2D eigenvalue weighted by atomic mass is 32.1. The van der Waals surface area contributed by atoms with Crippen molar-refractivity contribution in [3.63, 3.8) is 0 Å². The number of rotatable bonds is 8. The molecule has 98 valence electrons. The minimum atomic E-state index is 0.574. The van der Waals surface area contributed by atoms with Crippen molar-refractivity contribution in [1.29, 1.82) is 0 Å². The smallest absolute Gasteiger partial charge is 0.0328 e. The average Bonchev–Trinajstić information content (AvgIpc) is 2.76. The maximum Gasteiger partial charge on any atom is 0.0328 e. The Morgan fingerprint density at radius 2 is 2.18 bits per heavy atom. The van der Waals surface area contributed by atoms with Gasteiger partial charge >= 0.3 is 0 Å². The van der Waals surface area contributed by atoms with E-state index in [1.54, 1.807) is 0 Å². The average molecular weight is 254 g/mol. The van der Waals surface area contributed by atoms with Crippen molar-refractivity contribution in [1.82, 2.24) is 10.2 Å². The molecule has 1 aromatic rings. The summed E-state index contributed by atoms with van der Waals surface area (Å²) in [6.45, 7) is 8.85. The van der Waals surface area contributed by atoms with Crippen LogP contribution in [0.4, 0.5) is 0 Å². The van der Waals surface area contributed by atoms with Crippen LogP contribution in [0.5, 0.6) is 0 Å². The van der Waals surface area contributed by atoms with E-state index in [0.717, 1.165) is 13.1 Å². The fourth-order valence-electron chi connectivity index (χ4n) is 1.96. The molecule has 0 aliphatic carbocycles. The first-order valence-electron chi connectivity index (χ1n) is 6.59. The second-order valence-corrected chi connectivity index (χ2v) is 6.03. The third-order valence-electron chi connectivity index (χ3n) is 2.99. The highest BCUT2D eigenvalue weighted by molar-refractivity contribution is 7.09. The molecule has 1 unspecified atom stereocenters. The van der Waals surface area contributed by atoms with Crippen molar-refractivity contribution in [3.8, 4) is 0 Å². The number of nitrogens with zero attached hydrogens (tertiary/aromatic N) is 1. The van der Waals surface area contributed by atoms with Gasteiger partial charge in [0, 0.05) is 30.1 Å². The predicted octanol–water partition coefficient (Wildman–Crippen LogP) is 3.35. The number of hydrogen-bond acceptors (Lipinski definition) is 3. The molecule has 0 bridgehead atoms. The molecule has 1 aromatic heterocycles. The third kappa shape index (κ3) is 5.66. The summed E-state index contributed by atoms with van der Waals surface area (Å²) in [5.41, 5.74) is 0. The van der Waals surface area contributed by atoms with Gasteiger partial charge < -0.3 is 5.32 Å². The molecular weight excluding hydrogens is 228 g/mol. The molecule has 0 spiro atoms. The van der Waals surface area contributed by atoms with Crippen LogP contribution >= 0.6 is 11.3 Å². The van der Waals surface area contributed by atoms with E-state index in [1.165, 1.54) is 17.7 Å². The minimum absolute atomic E-state index is 0.574. The Balaban J connectivity index is 2.44. The Labute approximate surface area is 110 Å². The lowest BCUT2D eigenvalue weighted by Crippen LogP contribution is -2.41. The first-order valence-corrected chi connectivity index (χ1v) is 7.47. The minimum Gasteiger partial charge on any atom is -0.313 e. The molecule has 0 aliphatic rings. The summed E-state index contributed by atoms with van der Waals surface area (Å²) in [5, 5.41) is 5.71.